The molecule has 21 heavy (non-hydrogen) atoms. The first-order valence-electron chi connectivity index (χ1n) is 8.08. The Kier molecular flexibility index (Phi) is 24.1. The van der Waals surface area contributed by atoms with E-state index in [1.807, 2.05) is 48.5 Å². The van der Waals surface area contributed by atoms with Crippen LogP contribution in [0.5, 0.6) is 0 Å². The van der Waals surface area contributed by atoms with Crippen molar-refractivity contribution in [3.8, 4) is 0 Å². The maximum absolute atomic E-state index is 4.94. The van der Waals surface area contributed by atoms with Gasteiger partial charge < -0.3 is 5.73 Å². The van der Waals surface area contributed by atoms with Gasteiger partial charge in [-0.25, -0.2) is 0 Å². The van der Waals surface area contributed by atoms with Crippen LogP contribution in [0.25, 0.3) is 0 Å². The minimum atomic E-state index is 0.735. The maximum Gasteiger partial charge on any atom is 0.0593 e. The summed E-state index contributed by atoms with van der Waals surface area (Å²) in [5.41, 5.74) is 6.07. The van der Waals surface area contributed by atoms with Crippen LogP contribution in [-0.4, -0.2) is 23.0 Å². The average Bonchev–Trinajstić information content (AvgIpc) is 3.33. The van der Waals surface area contributed by atoms with Crippen LogP contribution in [0.4, 0.5) is 0 Å². The Labute approximate surface area is 132 Å². The lowest BCUT2D eigenvalue weighted by molar-refractivity contribution is 0.635. The van der Waals surface area contributed by atoms with Gasteiger partial charge in [-0.05, 0) is 38.1 Å². The fourth-order valence-corrected chi connectivity index (χ4v) is 1.11. The summed E-state index contributed by atoms with van der Waals surface area (Å²) in [7, 11) is 1.69. The van der Waals surface area contributed by atoms with Crippen molar-refractivity contribution in [1.29, 1.82) is 0 Å². The molecule has 124 valence electrons. The molecule has 2 rings (SSSR count). The number of allylic oxidation sites excluding steroid dienone is 1. The molecule has 0 amide bonds. The Morgan fingerprint density at radius 1 is 1.19 bits per heavy atom. The number of nitrogens with two attached hydrogens (primary N) is 1. The fraction of sp³-hybridized carbons (Fsp3) is 0.647. The SMILES string of the molecule is CC.CC.CC.CN=C/C=C\N.Cc1ccn(C2CC2)n1. The van der Waals surface area contributed by atoms with Gasteiger partial charge in [0.15, 0.2) is 0 Å². The number of aromatic nitrogens is 2. The van der Waals surface area contributed by atoms with E-state index < -0.39 is 0 Å². The minimum Gasteiger partial charge on any atom is -0.405 e. The third-order valence-electron chi connectivity index (χ3n) is 2.01. The Bertz CT molecular complexity index is 326. The first kappa shape index (κ1) is 24.4. The zero-order valence-corrected chi connectivity index (χ0v) is 15.3. The number of hydrogen-bond donors (Lipinski definition) is 1. The molecule has 4 nitrogen and oxygen atoms in total. The molecule has 1 aromatic heterocycles. The van der Waals surface area contributed by atoms with Crippen LogP contribution in [-0.2, 0) is 0 Å². The number of aliphatic imine (C=N–C) groups is 1. The molecule has 1 heterocycles. The van der Waals surface area contributed by atoms with E-state index in [1.165, 1.54) is 19.0 Å². The van der Waals surface area contributed by atoms with Gasteiger partial charge in [-0.3, -0.25) is 9.67 Å². The summed E-state index contributed by atoms with van der Waals surface area (Å²) in [6.45, 7) is 14.0. The summed E-state index contributed by atoms with van der Waals surface area (Å²) in [4.78, 5) is 3.63. The third kappa shape index (κ3) is 16.4. The van der Waals surface area contributed by atoms with Crippen molar-refractivity contribution in [2.75, 3.05) is 7.05 Å². The Hall–Kier alpha value is -1.58. The van der Waals surface area contributed by atoms with Gasteiger partial charge in [-0.1, -0.05) is 41.5 Å². The number of aryl methyl sites for hydroxylation is 1. The Morgan fingerprint density at radius 3 is 1.95 bits per heavy atom. The van der Waals surface area contributed by atoms with Gasteiger partial charge in [-0.2, -0.15) is 5.10 Å². The Balaban J connectivity index is -0.000000238. The molecule has 0 atom stereocenters. The lowest BCUT2D eigenvalue weighted by atomic mass is 10.5. The summed E-state index contributed by atoms with van der Waals surface area (Å²) >= 11 is 0. The van der Waals surface area contributed by atoms with Crippen molar-refractivity contribution in [3.05, 3.63) is 30.2 Å². The molecule has 2 N–H and O–H groups in total. The lowest BCUT2D eigenvalue weighted by Gasteiger charge is -1.92. The molecular weight excluding hydrogens is 260 g/mol. The van der Waals surface area contributed by atoms with Gasteiger partial charge in [0, 0.05) is 19.5 Å². The first-order chi connectivity index (χ1) is 10.3. The second-order valence-corrected chi connectivity index (χ2v) is 3.46. The second-order valence-electron chi connectivity index (χ2n) is 3.46. The molecule has 0 spiro atoms. The first-order valence-corrected chi connectivity index (χ1v) is 8.08. The monoisotopic (exact) mass is 296 g/mol. The summed E-state index contributed by atoms with van der Waals surface area (Å²) in [5, 5.41) is 4.29. The zero-order chi connectivity index (χ0) is 17.1. The van der Waals surface area contributed by atoms with Crippen molar-refractivity contribution < 1.29 is 0 Å². The third-order valence-corrected chi connectivity index (χ3v) is 2.01. The molecule has 0 radical (unpaired) electrons. The zero-order valence-electron chi connectivity index (χ0n) is 15.3. The van der Waals surface area contributed by atoms with Gasteiger partial charge in [0.05, 0.1) is 11.7 Å². The van der Waals surface area contributed by atoms with E-state index in [0.29, 0.717) is 0 Å². The van der Waals surface area contributed by atoms with Crippen LogP contribution in [0.1, 0.15) is 66.1 Å². The van der Waals surface area contributed by atoms with Gasteiger partial charge in [0.1, 0.15) is 0 Å². The van der Waals surface area contributed by atoms with E-state index in [9.17, 15) is 0 Å². The van der Waals surface area contributed by atoms with Gasteiger partial charge in [0.25, 0.3) is 0 Å². The topological polar surface area (TPSA) is 56.2 Å². The highest BCUT2D eigenvalue weighted by molar-refractivity contribution is 5.70. The van der Waals surface area contributed by atoms with E-state index in [4.69, 9.17) is 5.73 Å². The predicted molar refractivity (Wildman–Crippen MR) is 97.0 cm³/mol. The van der Waals surface area contributed by atoms with Crippen molar-refractivity contribution in [3.63, 3.8) is 0 Å². The van der Waals surface area contributed by atoms with Crippen LogP contribution in [0.2, 0.25) is 0 Å². The summed E-state index contributed by atoms with van der Waals surface area (Å²) in [6.07, 6.45) is 9.43. The van der Waals surface area contributed by atoms with E-state index in [1.54, 1.807) is 19.3 Å². The molecular formula is C17H36N4. The molecule has 1 aliphatic rings. The minimum absolute atomic E-state index is 0.735. The summed E-state index contributed by atoms with van der Waals surface area (Å²) in [5.74, 6) is 0. The van der Waals surface area contributed by atoms with Crippen LogP contribution >= 0.6 is 0 Å². The molecule has 1 saturated carbocycles. The number of rotatable bonds is 2. The van der Waals surface area contributed by atoms with Crippen LogP contribution in [0.15, 0.2) is 29.5 Å². The maximum atomic E-state index is 4.94. The van der Waals surface area contributed by atoms with Gasteiger partial charge >= 0.3 is 0 Å². The summed E-state index contributed by atoms with van der Waals surface area (Å²) < 4.78 is 2.06. The normalized spacial score (nSPS) is 12.0. The molecule has 0 saturated heterocycles. The molecule has 0 aromatic carbocycles. The van der Waals surface area contributed by atoms with Crippen molar-refractivity contribution in [1.82, 2.24) is 9.78 Å². The molecule has 0 aliphatic heterocycles. The van der Waals surface area contributed by atoms with E-state index >= 15 is 0 Å². The predicted octanol–water partition coefficient (Wildman–Crippen LogP) is 4.76. The average molecular weight is 297 g/mol. The number of nitrogens with zero attached hydrogens (tertiary/aromatic N) is 3. The van der Waals surface area contributed by atoms with Crippen molar-refractivity contribution >= 4 is 6.21 Å². The highest BCUT2D eigenvalue weighted by Crippen LogP contribution is 2.33. The highest BCUT2D eigenvalue weighted by atomic mass is 15.3. The largest absolute Gasteiger partial charge is 0.405 e. The quantitative estimate of drug-likeness (QED) is 0.800. The highest BCUT2D eigenvalue weighted by Gasteiger charge is 2.23. The molecule has 0 bridgehead atoms. The standard InChI is InChI=1S/C7H10N2.C4H8N2.3C2H6/c1-6-4-5-9(8-6)7-2-3-7;1-6-4-2-3-5;3*1-2/h4-5,7H,2-3H2,1H3;2-4H,5H2,1H3;3*1-2H3/b;3-2-,6-4?;;;. The molecule has 4 heteroatoms. The Morgan fingerprint density at radius 2 is 1.71 bits per heavy atom. The molecule has 1 aliphatic carbocycles. The van der Waals surface area contributed by atoms with E-state index in [-0.39, 0.29) is 0 Å². The van der Waals surface area contributed by atoms with E-state index in [0.717, 1.165) is 11.7 Å². The van der Waals surface area contributed by atoms with Crippen LogP contribution in [0, 0.1) is 6.92 Å². The van der Waals surface area contributed by atoms with Gasteiger partial charge in [0.2, 0.25) is 0 Å². The number of hydrogen-bond acceptors (Lipinski definition) is 3. The van der Waals surface area contributed by atoms with Gasteiger partial charge in [-0.15, -0.1) is 0 Å². The molecule has 0 unspecified atom stereocenters. The fourth-order valence-electron chi connectivity index (χ4n) is 1.11. The van der Waals surface area contributed by atoms with Crippen molar-refractivity contribution in [2.45, 2.75) is 67.3 Å². The summed E-state index contributed by atoms with van der Waals surface area (Å²) in [6, 6.07) is 2.79. The van der Waals surface area contributed by atoms with Crippen LogP contribution in [0.3, 0.4) is 0 Å². The smallest absolute Gasteiger partial charge is 0.0593 e. The van der Waals surface area contributed by atoms with Crippen LogP contribution < -0.4 is 5.73 Å². The van der Waals surface area contributed by atoms with Crippen molar-refractivity contribution in [2.24, 2.45) is 10.7 Å². The second kappa shape index (κ2) is 20.7. The lowest BCUT2D eigenvalue weighted by Crippen LogP contribution is -1.93. The molecule has 1 aromatic rings. The van der Waals surface area contributed by atoms with E-state index in [2.05, 4.69) is 27.0 Å². The molecule has 1 fully saturated rings.